The van der Waals surface area contributed by atoms with Gasteiger partial charge in [0, 0.05) is 11.6 Å². The maximum Gasteiger partial charge on any atom is 0.408 e. The number of benzene rings is 4. The van der Waals surface area contributed by atoms with Gasteiger partial charge in [0.2, 0.25) is 0 Å². The molecule has 148 valence electrons. The first-order valence-corrected chi connectivity index (χ1v) is 9.37. The van der Waals surface area contributed by atoms with Crippen molar-refractivity contribution in [2.24, 2.45) is 0 Å². The summed E-state index contributed by atoms with van der Waals surface area (Å²) in [6.07, 6.45) is -4.58. The van der Waals surface area contributed by atoms with E-state index in [0.717, 1.165) is 16.3 Å². The summed E-state index contributed by atoms with van der Waals surface area (Å²) >= 11 is 0. The molecule has 0 saturated carbocycles. The Balaban J connectivity index is 1.81. The Bertz CT molecular complexity index is 1160. The second-order valence-corrected chi connectivity index (χ2v) is 7.15. The molecule has 0 heterocycles. The number of hydrogen-bond donors (Lipinski definition) is 2. The molecule has 2 N–H and O–H groups in total. The summed E-state index contributed by atoms with van der Waals surface area (Å²) in [5.74, 6) is -0.372. The van der Waals surface area contributed by atoms with Crippen LogP contribution in [0.4, 0.5) is 13.2 Å². The van der Waals surface area contributed by atoms with Crippen LogP contribution in [0.5, 0.6) is 5.75 Å². The lowest BCUT2D eigenvalue weighted by molar-refractivity contribution is -0.159. The number of alkyl halides is 3. The monoisotopic (exact) mass is 395 g/mol. The highest BCUT2D eigenvalue weighted by molar-refractivity contribution is 5.88. The van der Waals surface area contributed by atoms with Crippen molar-refractivity contribution in [2.75, 3.05) is 0 Å². The van der Waals surface area contributed by atoms with Crippen molar-refractivity contribution < 1.29 is 18.3 Å². The second kappa shape index (κ2) is 7.41. The summed E-state index contributed by atoms with van der Waals surface area (Å²) in [5.41, 5.74) is 0.625. The van der Waals surface area contributed by atoms with Gasteiger partial charge in [-0.05, 0) is 40.1 Å². The van der Waals surface area contributed by atoms with Gasteiger partial charge >= 0.3 is 6.18 Å². The Morgan fingerprint density at radius 1 is 0.759 bits per heavy atom. The van der Waals surface area contributed by atoms with Gasteiger partial charge in [-0.2, -0.15) is 13.2 Å². The van der Waals surface area contributed by atoms with E-state index in [0.29, 0.717) is 10.8 Å². The summed E-state index contributed by atoms with van der Waals surface area (Å²) in [6, 6.07) is 20.3. The Morgan fingerprint density at radius 3 is 2.03 bits per heavy atom. The molecule has 2 nitrogen and oxygen atoms in total. The Labute approximate surface area is 166 Å². The Hall–Kier alpha value is -3.05. The first-order chi connectivity index (χ1) is 13.9. The molecule has 0 amide bonds. The van der Waals surface area contributed by atoms with Crippen LogP contribution in [0.2, 0.25) is 0 Å². The highest BCUT2D eigenvalue weighted by Crippen LogP contribution is 2.42. The average molecular weight is 395 g/mol. The number of halogens is 3. The van der Waals surface area contributed by atoms with Gasteiger partial charge in [-0.25, -0.2) is 0 Å². The largest absolute Gasteiger partial charge is 0.508 e. The first kappa shape index (κ1) is 19.3. The molecule has 0 radical (unpaired) electrons. The summed E-state index contributed by atoms with van der Waals surface area (Å²) in [7, 11) is 0. The van der Waals surface area contributed by atoms with Crippen molar-refractivity contribution in [2.45, 2.75) is 25.2 Å². The van der Waals surface area contributed by atoms with Crippen molar-refractivity contribution in [1.82, 2.24) is 5.32 Å². The zero-order valence-electron chi connectivity index (χ0n) is 15.7. The van der Waals surface area contributed by atoms with Crippen molar-refractivity contribution in [1.29, 1.82) is 0 Å². The summed E-state index contributed by atoms with van der Waals surface area (Å²) in [4.78, 5) is 0. The number of aromatic hydroxyl groups is 1. The standard InChI is InChI=1S/C24H20F3NO/c1-15(18-12-6-9-16-7-2-4-10-19(16)18)28-23(24(25,26)27)22-20-11-5-3-8-17(20)13-14-21(22)29/h2-15,23,28-29H,1H3/t15-,23+/m1/s1. The molecule has 4 aromatic rings. The van der Waals surface area contributed by atoms with E-state index in [1.54, 1.807) is 37.3 Å². The summed E-state index contributed by atoms with van der Waals surface area (Å²) < 4.78 is 42.4. The minimum absolute atomic E-state index is 0.150. The van der Waals surface area contributed by atoms with Gasteiger partial charge in [0.25, 0.3) is 0 Å². The lowest BCUT2D eigenvalue weighted by Crippen LogP contribution is -2.36. The minimum atomic E-state index is -4.58. The van der Waals surface area contributed by atoms with E-state index in [4.69, 9.17) is 0 Å². The lowest BCUT2D eigenvalue weighted by atomic mass is 9.94. The quantitative estimate of drug-likeness (QED) is 0.405. The van der Waals surface area contributed by atoms with Crippen molar-refractivity contribution in [3.63, 3.8) is 0 Å². The third-order valence-corrected chi connectivity index (χ3v) is 5.27. The molecule has 0 unspecified atom stereocenters. The van der Waals surface area contributed by atoms with E-state index in [-0.39, 0.29) is 11.3 Å². The average Bonchev–Trinajstić information content (AvgIpc) is 2.71. The first-order valence-electron chi connectivity index (χ1n) is 9.37. The van der Waals surface area contributed by atoms with E-state index in [9.17, 15) is 18.3 Å². The van der Waals surface area contributed by atoms with Crippen LogP contribution in [-0.4, -0.2) is 11.3 Å². The van der Waals surface area contributed by atoms with Crippen LogP contribution in [-0.2, 0) is 0 Å². The van der Waals surface area contributed by atoms with Gasteiger partial charge in [0.05, 0.1) is 0 Å². The van der Waals surface area contributed by atoms with Gasteiger partial charge in [0.15, 0.2) is 0 Å². The molecule has 4 aromatic carbocycles. The van der Waals surface area contributed by atoms with Gasteiger partial charge in [-0.3, -0.25) is 5.32 Å². The van der Waals surface area contributed by atoms with E-state index < -0.39 is 18.3 Å². The third-order valence-electron chi connectivity index (χ3n) is 5.27. The second-order valence-electron chi connectivity index (χ2n) is 7.15. The highest BCUT2D eigenvalue weighted by Gasteiger charge is 2.43. The van der Waals surface area contributed by atoms with Crippen LogP contribution < -0.4 is 5.32 Å². The van der Waals surface area contributed by atoms with Gasteiger partial charge in [0.1, 0.15) is 11.8 Å². The van der Waals surface area contributed by atoms with Crippen LogP contribution in [0, 0.1) is 0 Å². The molecule has 0 aliphatic rings. The molecule has 2 atom stereocenters. The fourth-order valence-electron chi connectivity index (χ4n) is 3.90. The van der Waals surface area contributed by atoms with Gasteiger partial charge in [-0.1, -0.05) is 72.8 Å². The predicted molar refractivity (Wildman–Crippen MR) is 110 cm³/mol. The molecule has 4 rings (SSSR count). The van der Waals surface area contributed by atoms with Crippen LogP contribution >= 0.6 is 0 Å². The normalized spacial score (nSPS) is 14.2. The topological polar surface area (TPSA) is 32.3 Å². The lowest BCUT2D eigenvalue weighted by Gasteiger charge is -2.28. The summed E-state index contributed by atoms with van der Waals surface area (Å²) in [6.45, 7) is 1.71. The maximum atomic E-state index is 14.1. The highest BCUT2D eigenvalue weighted by atomic mass is 19.4. The molecule has 0 aromatic heterocycles. The van der Waals surface area contributed by atoms with Crippen LogP contribution in [0.3, 0.4) is 0 Å². The smallest absolute Gasteiger partial charge is 0.408 e. The molecule has 5 heteroatoms. The SMILES string of the molecule is C[C@@H](N[C@@H](c1c(O)ccc2ccccc12)C(F)(F)F)c1cccc2ccccc12. The van der Waals surface area contributed by atoms with Crippen LogP contribution in [0.1, 0.15) is 30.1 Å². The maximum absolute atomic E-state index is 14.1. The fourth-order valence-corrected chi connectivity index (χ4v) is 3.90. The van der Waals surface area contributed by atoms with E-state index in [1.165, 1.54) is 6.07 Å². The number of fused-ring (bicyclic) bond motifs is 2. The molecule has 0 aliphatic heterocycles. The molecule has 0 aliphatic carbocycles. The van der Waals surface area contributed by atoms with Crippen LogP contribution in [0.15, 0.2) is 78.9 Å². The van der Waals surface area contributed by atoms with Gasteiger partial charge in [-0.15, -0.1) is 0 Å². The Kier molecular flexibility index (Phi) is 4.92. The number of phenolic OH excluding ortho intramolecular Hbond substituents is 1. The number of rotatable bonds is 4. The molecule has 0 saturated heterocycles. The van der Waals surface area contributed by atoms with E-state index in [1.807, 2.05) is 42.5 Å². The van der Waals surface area contributed by atoms with E-state index in [2.05, 4.69) is 5.32 Å². The molecular weight excluding hydrogens is 375 g/mol. The molecule has 0 spiro atoms. The summed E-state index contributed by atoms with van der Waals surface area (Å²) in [5, 5.41) is 16.0. The molecular formula is C24H20F3NO. The molecule has 0 fully saturated rings. The third kappa shape index (κ3) is 3.66. The van der Waals surface area contributed by atoms with Gasteiger partial charge < -0.3 is 5.11 Å². The predicted octanol–water partition coefficient (Wildman–Crippen LogP) is 6.65. The van der Waals surface area contributed by atoms with Crippen molar-refractivity contribution >= 4 is 21.5 Å². The zero-order chi connectivity index (χ0) is 20.6. The number of hydrogen-bond acceptors (Lipinski definition) is 2. The van der Waals surface area contributed by atoms with Crippen molar-refractivity contribution in [3.05, 3.63) is 90.0 Å². The number of nitrogens with one attached hydrogen (secondary N) is 1. The molecule has 29 heavy (non-hydrogen) atoms. The zero-order valence-corrected chi connectivity index (χ0v) is 15.7. The minimum Gasteiger partial charge on any atom is -0.508 e. The fraction of sp³-hybridized carbons (Fsp3) is 0.167. The van der Waals surface area contributed by atoms with E-state index >= 15 is 0 Å². The number of phenols is 1. The van der Waals surface area contributed by atoms with Crippen LogP contribution in [0.25, 0.3) is 21.5 Å². The Morgan fingerprint density at radius 2 is 1.34 bits per heavy atom. The molecule has 0 bridgehead atoms. The van der Waals surface area contributed by atoms with Crippen molar-refractivity contribution in [3.8, 4) is 5.75 Å².